The number of hydrogen-bond acceptors (Lipinski definition) is 4. The highest BCUT2D eigenvalue weighted by Gasteiger charge is 2.21. The minimum atomic E-state index is -0.965. The number of ether oxygens (including phenoxy) is 1. The van der Waals surface area contributed by atoms with Crippen LogP contribution in [0.1, 0.15) is 16.2 Å². The molecule has 1 saturated heterocycles. The quantitative estimate of drug-likeness (QED) is 0.575. The molecule has 0 unspecified atom stereocenters. The van der Waals surface area contributed by atoms with E-state index in [-0.39, 0.29) is 5.56 Å². The Kier molecular flexibility index (Phi) is 4.21. The van der Waals surface area contributed by atoms with Gasteiger partial charge in [0.25, 0.3) is 0 Å². The zero-order valence-corrected chi connectivity index (χ0v) is 16.1. The molecule has 6 heteroatoms. The minimum Gasteiger partial charge on any atom is -0.478 e. The van der Waals surface area contributed by atoms with Crippen molar-refractivity contribution in [2.24, 2.45) is 0 Å². The van der Waals surface area contributed by atoms with E-state index in [0.717, 1.165) is 41.2 Å². The maximum absolute atomic E-state index is 12.0. The number of carboxylic acids is 1. The molecule has 1 N–H and O–H groups in total. The van der Waals surface area contributed by atoms with E-state index >= 15 is 0 Å². The maximum atomic E-state index is 12.0. The topological polar surface area (TPSA) is 67.6 Å². The van der Waals surface area contributed by atoms with Gasteiger partial charge in [0.1, 0.15) is 11.3 Å². The number of benzene rings is 3. The van der Waals surface area contributed by atoms with Crippen LogP contribution >= 0.6 is 0 Å². The Labute approximate surface area is 168 Å². The van der Waals surface area contributed by atoms with Gasteiger partial charge >= 0.3 is 5.97 Å². The molecule has 6 nitrogen and oxygen atoms in total. The fourth-order valence-electron chi connectivity index (χ4n) is 4.09. The summed E-state index contributed by atoms with van der Waals surface area (Å²) in [6.45, 7) is 4.68. The number of nitrogens with zero attached hydrogens (tertiary/aromatic N) is 3. The van der Waals surface area contributed by atoms with Crippen LogP contribution in [0, 0.1) is 6.92 Å². The van der Waals surface area contributed by atoms with Crippen LogP contribution in [0.3, 0.4) is 0 Å². The van der Waals surface area contributed by atoms with Gasteiger partial charge < -0.3 is 14.7 Å². The summed E-state index contributed by atoms with van der Waals surface area (Å²) in [5.74, 6) is -0.204. The summed E-state index contributed by atoms with van der Waals surface area (Å²) < 4.78 is 7.49. The maximum Gasteiger partial charge on any atom is 0.338 e. The number of rotatable bonds is 3. The Morgan fingerprint density at radius 1 is 1.00 bits per heavy atom. The van der Waals surface area contributed by atoms with Crippen LogP contribution in [0.5, 0.6) is 0 Å². The Hall–Kier alpha value is -3.38. The van der Waals surface area contributed by atoms with Crippen molar-refractivity contribution in [3.63, 3.8) is 0 Å². The third-order valence-electron chi connectivity index (χ3n) is 5.51. The summed E-state index contributed by atoms with van der Waals surface area (Å²) in [5.41, 5.74) is 3.41. The van der Waals surface area contributed by atoms with E-state index in [2.05, 4.69) is 40.2 Å². The predicted octanol–water partition coefficient (Wildman–Crippen LogP) is 4.02. The van der Waals surface area contributed by atoms with Crippen LogP contribution in [0.25, 0.3) is 27.5 Å². The Bertz CT molecular complexity index is 1240. The van der Waals surface area contributed by atoms with Gasteiger partial charge in [-0.15, -0.1) is 0 Å². The van der Waals surface area contributed by atoms with Crippen molar-refractivity contribution in [2.75, 3.05) is 31.2 Å². The largest absolute Gasteiger partial charge is 0.478 e. The van der Waals surface area contributed by atoms with Gasteiger partial charge in [0.05, 0.1) is 24.3 Å². The molecule has 1 aliphatic heterocycles. The summed E-state index contributed by atoms with van der Waals surface area (Å²) >= 11 is 0. The fourth-order valence-corrected chi connectivity index (χ4v) is 4.09. The number of carboxylic acid groups (broad SMARTS) is 1. The van der Waals surface area contributed by atoms with E-state index in [0.29, 0.717) is 18.7 Å². The Balaban J connectivity index is 1.75. The van der Waals surface area contributed by atoms with E-state index in [1.54, 1.807) is 6.07 Å². The van der Waals surface area contributed by atoms with E-state index in [1.807, 2.05) is 29.7 Å². The summed E-state index contributed by atoms with van der Waals surface area (Å²) in [6.07, 6.45) is 0. The smallest absolute Gasteiger partial charge is 0.338 e. The first-order chi connectivity index (χ1) is 14.1. The van der Waals surface area contributed by atoms with E-state index in [1.165, 1.54) is 5.39 Å². The van der Waals surface area contributed by atoms with Gasteiger partial charge in [-0.1, -0.05) is 30.3 Å². The summed E-state index contributed by atoms with van der Waals surface area (Å²) in [7, 11) is 0. The van der Waals surface area contributed by atoms with Crippen LogP contribution in [0.4, 0.5) is 5.69 Å². The molecule has 1 fully saturated rings. The number of carbonyl (C=O) groups is 1. The highest BCUT2D eigenvalue weighted by Crippen LogP contribution is 2.31. The molecule has 1 aromatic heterocycles. The average molecular weight is 387 g/mol. The van der Waals surface area contributed by atoms with Crippen molar-refractivity contribution in [3.8, 4) is 5.69 Å². The van der Waals surface area contributed by atoms with E-state index in [4.69, 9.17) is 4.74 Å². The van der Waals surface area contributed by atoms with E-state index < -0.39 is 5.97 Å². The summed E-state index contributed by atoms with van der Waals surface area (Å²) in [4.78, 5) is 18.8. The molecular formula is C23H21N3O3. The third kappa shape index (κ3) is 3.02. The molecule has 2 heterocycles. The zero-order valence-electron chi connectivity index (χ0n) is 16.1. The number of hydrogen-bond donors (Lipinski definition) is 1. The molecule has 4 aromatic rings. The minimum absolute atomic E-state index is 0.228. The molecule has 3 aromatic carbocycles. The Morgan fingerprint density at radius 2 is 1.76 bits per heavy atom. The number of aromatic carboxylic acids is 1. The van der Waals surface area contributed by atoms with Crippen molar-refractivity contribution >= 4 is 33.5 Å². The van der Waals surface area contributed by atoms with Crippen LogP contribution in [-0.4, -0.2) is 46.9 Å². The highest BCUT2D eigenvalue weighted by atomic mass is 16.5. The standard InChI is InChI=1S/C23H21N3O3/c1-15-24-22-20(23(27)28)13-19(25-8-10-29-11-9-25)14-21(22)26(15)18-7-6-16-4-2-3-5-17(16)12-18/h2-7,12-14H,8-11H2,1H3,(H,27,28). The molecular weight excluding hydrogens is 366 g/mol. The molecule has 1 aliphatic rings. The zero-order chi connectivity index (χ0) is 20.0. The predicted molar refractivity (Wildman–Crippen MR) is 113 cm³/mol. The van der Waals surface area contributed by atoms with Gasteiger partial charge in [-0.3, -0.25) is 4.57 Å². The first-order valence-corrected chi connectivity index (χ1v) is 9.70. The lowest BCUT2D eigenvalue weighted by atomic mass is 10.1. The van der Waals surface area contributed by atoms with Crippen molar-refractivity contribution in [2.45, 2.75) is 6.92 Å². The number of fused-ring (bicyclic) bond motifs is 2. The van der Waals surface area contributed by atoms with Crippen LogP contribution in [0.15, 0.2) is 54.6 Å². The summed E-state index contributed by atoms with van der Waals surface area (Å²) in [5, 5.41) is 12.1. The van der Waals surface area contributed by atoms with Crippen molar-refractivity contribution in [3.05, 3.63) is 66.0 Å². The van der Waals surface area contributed by atoms with Gasteiger partial charge in [0, 0.05) is 24.5 Å². The molecule has 0 radical (unpaired) electrons. The number of imidazole rings is 1. The molecule has 29 heavy (non-hydrogen) atoms. The second-order valence-corrected chi connectivity index (χ2v) is 7.29. The lowest BCUT2D eigenvalue weighted by Crippen LogP contribution is -2.36. The highest BCUT2D eigenvalue weighted by molar-refractivity contribution is 6.03. The third-order valence-corrected chi connectivity index (χ3v) is 5.51. The molecule has 0 spiro atoms. The van der Waals surface area contributed by atoms with Crippen LogP contribution in [-0.2, 0) is 4.74 Å². The van der Waals surface area contributed by atoms with E-state index in [9.17, 15) is 9.90 Å². The Morgan fingerprint density at radius 3 is 2.52 bits per heavy atom. The fraction of sp³-hybridized carbons (Fsp3) is 0.217. The van der Waals surface area contributed by atoms with Crippen molar-refractivity contribution in [1.29, 1.82) is 0 Å². The van der Waals surface area contributed by atoms with Gasteiger partial charge in [-0.05, 0) is 42.0 Å². The first-order valence-electron chi connectivity index (χ1n) is 9.70. The number of aromatic nitrogens is 2. The number of anilines is 1. The monoisotopic (exact) mass is 387 g/mol. The number of morpholine rings is 1. The van der Waals surface area contributed by atoms with Crippen molar-refractivity contribution in [1.82, 2.24) is 9.55 Å². The normalized spacial score (nSPS) is 14.6. The first kappa shape index (κ1) is 17.7. The van der Waals surface area contributed by atoms with Gasteiger partial charge in [0.15, 0.2) is 0 Å². The van der Waals surface area contributed by atoms with Gasteiger partial charge in [-0.25, -0.2) is 9.78 Å². The number of aryl methyl sites for hydroxylation is 1. The van der Waals surface area contributed by atoms with Crippen LogP contribution in [0.2, 0.25) is 0 Å². The summed E-state index contributed by atoms with van der Waals surface area (Å²) in [6, 6.07) is 18.2. The van der Waals surface area contributed by atoms with Gasteiger partial charge in [0.2, 0.25) is 0 Å². The van der Waals surface area contributed by atoms with Crippen molar-refractivity contribution < 1.29 is 14.6 Å². The molecule has 0 bridgehead atoms. The molecule has 146 valence electrons. The molecule has 0 saturated carbocycles. The second kappa shape index (κ2) is 6.90. The van der Waals surface area contributed by atoms with Gasteiger partial charge in [-0.2, -0.15) is 0 Å². The molecule has 0 atom stereocenters. The molecule has 0 aliphatic carbocycles. The molecule has 5 rings (SSSR count). The average Bonchev–Trinajstić information content (AvgIpc) is 3.08. The lowest BCUT2D eigenvalue weighted by Gasteiger charge is -2.29. The second-order valence-electron chi connectivity index (χ2n) is 7.29. The SMILES string of the molecule is Cc1nc2c(C(=O)O)cc(N3CCOCC3)cc2n1-c1ccc2ccccc2c1. The lowest BCUT2D eigenvalue weighted by molar-refractivity contribution is 0.0699. The molecule has 0 amide bonds. The van der Waals surface area contributed by atoms with Crippen LogP contribution < -0.4 is 4.90 Å².